The number of aliphatic carboxylic acids is 1. The number of methoxy groups -OCH3 is 1. The molecule has 13 heteroatoms. The van der Waals surface area contributed by atoms with Crippen molar-refractivity contribution in [1.82, 2.24) is 5.32 Å². The van der Waals surface area contributed by atoms with E-state index in [1.807, 2.05) is 0 Å². The Bertz CT molecular complexity index is 686. The molecule has 1 aliphatic rings. The molecule has 1 aliphatic heterocycles. The molecule has 9 nitrogen and oxygen atoms in total. The van der Waals surface area contributed by atoms with E-state index in [0.29, 0.717) is 19.6 Å². The predicted octanol–water partition coefficient (Wildman–Crippen LogP) is 1.37. The quantitative estimate of drug-likeness (QED) is 0.331. The van der Waals surface area contributed by atoms with Crippen LogP contribution in [0, 0.1) is 21.8 Å². The summed E-state index contributed by atoms with van der Waals surface area (Å²) < 4.78 is 50.4. The zero-order chi connectivity index (χ0) is 20.8. The molecule has 0 saturated carbocycles. The Morgan fingerprint density at radius 1 is 1.44 bits per heavy atom. The van der Waals surface area contributed by atoms with Crippen molar-refractivity contribution in [2.75, 3.05) is 32.1 Å². The Morgan fingerprint density at radius 3 is 2.44 bits per heavy atom. The number of nitro groups is 1. The Morgan fingerprint density at radius 2 is 2.04 bits per heavy atom. The van der Waals surface area contributed by atoms with Gasteiger partial charge >= 0.3 is 17.8 Å². The van der Waals surface area contributed by atoms with E-state index in [9.17, 15) is 32.8 Å². The summed E-state index contributed by atoms with van der Waals surface area (Å²) in [4.78, 5) is 18.9. The number of hydrogen-bond donors (Lipinski definition) is 4. The fourth-order valence-electron chi connectivity index (χ4n) is 2.15. The number of carboxylic acid groups (broad SMARTS) is 1. The first-order chi connectivity index (χ1) is 12.5. The lowest BCUT2D eigenvalue weighted by Gasteiger charge is -2.16. The Labute approximate surface area is 150 Å². The number of hydrogen-bond acceptors (Lipinski definition) is 7. The van der Waals surface area contributed by atoms with E-state index >= 15 is 0 Å². The number of nitrogens with zero attached hydrogens (tertiary/aromatic N) is 1. The van der Waals surface area contributed by atoms with Crippen molar-refractivity contribution in [3.05, 3.63) is 28.1 Å². The summed E-state index contributed by atoms with van der Waals surface area (Å²) in [5.41, 5.74) is -0.301. The molecule has 1 saturated heterocycles. The number of β-amino-alcohol motifs (C(OH)–C–C–N with tert-alkyl or cyclic N) is 1. The van der Waals surface area contributed by atoms with Crippen molar-refractivity contribution < 1.29 is 42.2 Å². The highest BCUT2D eigenvalue weighted by molar-refractivity contribution is 5.73. The van der Waals surface area contributed by atoms with Crippen LogP contribution < -0.4 is 15.4 Å². The number of nitro benzene ring substituents is 1. The third-order valence-corrected chi connectivity index (χ3v) is 3.57. The van der Waals surface area contributed by atoms with Crippen molar-refractivity contribution in [2.24, 2.45) is 5.92 Å². The van der Waals surface area contributed by atoms with Gasteiger partial charge in [-0.15, -0.1) is 0 Å². The second-order valence-corrected chi connectivity index (χ2v) is 5.43. The van der Waals surface area contributed by atoms with Gasteiger partial charge in [0.2, 0.25) is 0 Å². The molecule has 0 bridgehead atoms. The summed E-state index contributed by atoms with van der Waals surface area (Å²) in [6, 6.07) is 2.08. The fourth-order valence-corrected chi connectivity index (χ4v) is 2.15. The Hall–Kier alpha value is -2.67. The molecule has 2 atom stereocenters. The first-order valence-corrected chi connectivity index (χ1v) is 7.42. The van der Waals surface area contributed by atoms with Crippen LogP contribution >= 0.6 is 0 Å². The number of alkyl halides is 3. The minimum Gasteiger partial charge on any atom is -0.490 e. The van der Waals surface area contributed by atoms with Gasteiger partial charge in [0, 0.05) is 31.6 Å². The van der Waals surface area contributed by atoms with Crippen LogP contribution in [0.4, 0.5) is 28.9 Å². The van der Waals surface area contributed by atoms with Crippen LogP contribution in [0.2, 0.25) is 0 Å². The average Bonchev–Trinajstić information content (AvgIpc) is 2.98. The van der Waals surface area contributed by atoms with Crippen molar-refractivity contribution in [3.63, 3.8) is 0 Å². The standard InChI is InChI=1S/C12H16FN3O4.C2HF3O2/c1-20-12-3-9(8(13)2-10(12)16(18)19)15-5-7-4-14-6-11(7)17;3-2(4,5)1(6)7/h2-3,7,11,14-15,17H,4-6H2,1H3;(H,6,7). The predicted molar refractivity (Wildman–Crippen MR) is 84.2 cm³/mol. The molecule has 0 radical (unpaired) electrons. The molecule has 1 aromatic rings. The van der Waals surface area contributed by atoms with E-state index in [4.69, 9.17) is 14.6 Å². The first-order valence-electron chi connectivity index (χ1n) is 7.42. The zero-order valence-corrected chi connectivity index (χ0v) is 13.9. The van der Waals surface area contributed by atoms with Crippen LogP contribution in [0.15, 0.2) is 12.1 Å². The van der Waals surface area contributed by atoms with Gasteiger partial charge in [0.05, 0.1) is 29.9 Å². The van der Waals surface area contributed by atoms with Gasteiger partial charge in [-0.1, -0.05) is 0 Å². The third-order valence-electron chi connectivity index (χ3n) is 3.57. The molecular formula is C14H17F4N3O6. The lowest BCUT2D eigenvalue weighted by Crippen LogP contribution is -2.25. The minimum atomic E-state index is -5.08. The molecule has 4 N–H and O–H groups in total. The summed E-state index contributed by atoms with van der Waals surface area (Å²) in [6.07, 6.45) is -5.56. The van der Waals surface area contributed by atoms with Crippen LogP contribution in [0.3, 0.4) is 0 Å². The van der Waals surface area contributed by atoms with E-state index in [-0.39, 0.29) is 17.4 Å². The average molecular weight is 399 g/mol. The monoisotopic (exact) mass is 399 g/mol. The highest BCUT2D eigenvalue weighted by Gasteiger charge is 2.38. The Kier molecular flexibility index (Phi) is 7.72. The molecule has 2 unspecified atom stereocenters. The number of anilines is 1. The molecule has 0 spiro atoms. The summed E-state index contributed by atoms with van der Waals surface area (Å²) >= 11 is 0. The zero-order valence-electron chi connectivity index (χ0n) is 13.9. The van der Waals surface area contributed by atoms with Gasteiger partial charge in [-0.2, -0.15) is 13.2 Å². The number of halogens is 4. The molecule has 152 valence electrons. The van der Waals surface area contributed by atoms with E-state index in [0.717, 1.165) is 6.07 Å². The van der Waals surface area contributed by atoms with Gasteiger partial charge in [0.15, 0.2) is 11.6 Å². The number of carboxylic acids is 1. The smallest absolute Gasteiger partial charge is 0.490 e. The molecule has 1 aromatic carbocycles. The first kappa shape index (κ1) is 22.4. The molecule has 27 heavy (non-hydrogen) atoms. The van der Waals surface area contributed by atoms with E-state index in [1.165, 1.54) is 13.2 Å². The molecule has 0 amide bonds. The molecule has 1 heterocycles. The molecule has 0 aromatic heterocycles. The van der Waals surface area contributed by atoms with Gasteiger partial charge < -0.3 is 25.6 Å². The topological polar surface area (TPSA) is 134 Å². The lowest BCUT2D eigenvalue weighted by atomic mass is 10.1. The fraction of sp³-hybridized carbons (Fsp3) is 0.500. The van der Waals surface area contributed by atoms with Gasteiger partial charge in [-0.3, -0.25) is 10.1 Å². The Balaban J connectivity index is 0.000000445. The normalized spacial score (nSPS) is 19.0. The molecule has 0 aliphatic carbocycles. The summed E-state index contributed by atoms with van der Waals surface area (Å²) in [5.74, 6) is -3.52. The maximum atomic E-state index is 13.8. The van der Waals surface area contributed by atoms with Gasteiger partial charge in [-0.05, 0) is 0 Å². The van der Waals surface area contributed by atoms with E-state index < -0.39 is 34.7 Å². The third kappa shape index (κ3) is 6.53. The highest BCUT2D eigenvalue weighted by Crippen LogP contribution is 2.32. The van der Waals surface area contributed by atoms with Crippen molar-refractivity contribution in [3.8, 4) is 5.75 Å². The van der Waals surface area contributed by atoms with E-state index in [1.54, 1.807) is 0 Å². The van der Waals surface area contributed by atoms with Crippen LogP contribution in [0.25, 0.3) is 0 Å². The largest absolute Gasteiger partial charge is 0.490 e. The second-order valence-electron chi connectivity index (χ2n) is 5.43. The van der Waals surface area contributed by atoms with Gasteiger partial charge in [0.1, 0.15) is 0 Å². The number of nitrogens with one attached hydrogen (secondary N) is 2. The molecule has 2 rings (SSSR count). The number of aliphatic hydroxyl groups excluding tert-OH is 1. The maximum Gasteiger partial charge on any atom is 0.490 e. The number of aliphatic hydroxyl groups is 1. The number of rotatable bonds is 5. The highest BCUT2D eigenvalue weighted by atomic mass is 19.4. The van der Waals surface area contributed by atoms with Crippen LogP contribution in [-0.2, 0) is 4.79 Å². The summed E-state index contributed by atoms with van der Waals surface area (Å²) in [7, 11) is 1.29. The van der Waals surface area contributed by atoms with Crippen LogP contribution in [0.1, 0.15) is 0 Å². The molecule has 1 fully saturated rings. The van der Waals surface area contributed by atoms with Crippen LogP contribution in [-0.4, -0.2) is 60.1 Å². The van der Waals surface area contributed by atoms with Gasteiger partial charge in [-0.25, -0.2) is 9.18 Å². The SMILES string of the molecule is COc1cc(NCC2CNCC2O)c(F)cc1[N+](=O)[O-].O=C(O)C(F)(F)F. The van der Waals surface area contributed by atoms with Crippen molar-refractivity contribution >= 4 is 17.3 Å². The lowest BCUT2D eigenvalue weighted by molar-refractivity contribution is -0.385. The maximum absolute atomic E-state index is 13.8. The van der Waals surface area contributed by atoms with Crippen LogP contribution in [0.5, 0.6) is 5.75 Å². The number of benzene rings is 1. The number of ether oxygens (including phenoxy) is 1. The van der Waals surface area contributed by atoms with Crippen molar-refractivity contribution in [1.29, 1.82) is 0 Å². The van der Waals surface area contributed by atoms with Crippen molar-refractivity contribution in [2.45, 2.75) is 12.3 Å². The number of carbonyl (C=O) groups is 1. The molecular weight excluding hydrogens is 382 g/mol. The summed E-state index contributed by atoms with van der Waals surface area (Å²) in [5, 5.41) is 33.4. The van der Waals surface area contributed by atoms with Gasteiger partial charge in [0.25, 0.3) is 0 Å². The van der Waals surface area contributed by atoms with E-state index in [2.05, 4.69) is 10.6 Å². The minimum absolute atomic E-state index is 0.0102. The second kappa shape index (κ2) is 9.32. The summed E-state index contributed by atoms with van der Waals surface area (Å²) in [6.45, 7) is 1.52.